The lowest BCUT2D eigenvalue weighted by atomic mass is 10.0. The van der Waals surface area contributed by atoms with Gasteiger partial charge in [0.05, 0.1) is 7.11 Å². The minimum Gasteiger partial charge on any atom is -0.504 e. The first-order valence-corrected chi connectivity index (χ1v) is 7.02. The van der Waals surface area contributed by atoms with Crippen molar-refractivity contribution in [3.63, 3.8) is 0 Å². The molecule has 0 spiro atoms. The normalized spacial score (nSPS) is 12.1. The summed E-state index contributed by atoms with van der Waals surface area (Å²) in [5.74, 6) is 0.657. The largest absolute Gasteiger partial charge is 0.504 e. The van der Waals surface area contributed by atoms with Crippen molar-refractivity contribution >= 4 is 0 Å². The van der Waals surface area contributed by atoms with Crippen molar-refractivity contribution in [2.24, 2.45) is 0 Å². The summed E-state index contributed by atoms with van der Waals surface area (Å²) in [4.78, 5) is 0. The first-order valence-electron chi connectivity index (χ1n) is 7.02. The summed E-state index contributed by atoms with van der Waals surface area (Å²) >= 11 is 0. The molecule has 4 nitrogen and oxygen atoms in total. The Labute approximate surface area is 125 Å². The van der Waals surface area contributed by atoms with Gasteiger partial charge in [0, 0.05) is 12.6 Å². The molecule has 0 radical (unpaired) electrons. The number of hydrogen-bond acceptors (Lipinski definition) is 4. The van der Waals surface area contributed by atoms with Gasteiger partial charge in [0.15, 0.2) is 11.5 Å². The van der Waals surface area contributed by atoms with E-state index in [0.29, 0.717) is 6.54 Å². The molecular formula is C17H21NO3. The zero-order chi connectivity index (χ0) is 15.2. The number of hydrogen-bond donors (Lipinski definition) is 3. The van der Waals surface area contributed by atoms with Crippen molar-refractivity contribution in [3.8, 4) is 17.2 Å². The van der Waals surface area contributed by atoms with Gasteiger partial charge in [0.25, 0.3) is 0 Å². The molecule has 2 aromatic rings. The maximum absolute atomic E-state index is 9.51. The summed E-state index contributed by atoms with van der Waals surface area (Å²) in [6.07, 6.45) is 0.955. The van der Waals surface area contributed by atoms with Gasteiger partial charge < -0.3 is 20.3 Å². The Morgan fingerprint density at radius 2 is 1.76 bits per heavy atom. The maximum atomic E-state index is 9.51. The summed E-state index contributed by atoms with van der Waals surface area (Å²) in [5, 5.41) is 22.3. The molecule has 3 N–H and O–H groups in total. The van der Waals surface area contributed by atoms with Gasteiger partial charge in [-0.2, -0.15) is 0 Å². The number of benzene rings is 2. The van der Waals surface area contributed by atoms with E-state index in [1.807, 2.05) is 24.3 Å². The summed E-state index contributed by atoms with van der Waals surface area (Å²) < 4.78 is 5.16. The van der Waals surface area contributed by atoms with Crippen LogP contribution >= 0.6 is 0 Å². The molecule has 0 saturated heterocycles. The van der Waals surface area contributed by atoms with Gasteiger partial charge in [-0.15, -0.1) is 0 Å². The van der Waals surface area contributed by atoms with Crippen molar-refractivity contribution in [2.45, 2.75) is 25.9 Å². The van der Waals surface area contributed by atoms with E-state index < -0.39 is 0 Å². The fourth-order valence-corrected chi connectivity index (χ4v) is 2.25. The van der Waals surface area contributed by atoms with Crippen LogP contribution in [0, 0.1) is 0 Å². The Bertz CT molecular complexity index is 581. The molecule has 0 aliphatic rings. The predicted octanol–water partition coefficient (Wildman–Crippen LogP) is 3.35. The van der Waals surface area contributed by atoms with E-state index >= 15 is 0 Å². The van der Waals surface area contributed by atoms with Crippen LogP contribution in [0.1, 0.15) is 30.5 Å². The second-order valence-corrected chi connectivity index (χ2v) is 4.94. The fourth-order valence-electron chi connectivity index (χ4n) is 2.25. The standard InChI is InChI=1S/C17H21NO3/c1-3-15(13-5-7-14(21-2)8-6-13)18-11-12-4-9-16(19)17(20)10-12/h4-10,15,18-20H,3,11H2,1-2H3. The molecule has 112 valence electrons. The number of phenolic OH excluding ortho intramolecular Hbond substituents is 2. The van der Waals surface area contributed by atoms with Crippen molar-refractivity contribution < 1.29 is 14.9 Å². The van der Waals surface area contributed by atoms with Crippen LogP contribution in [0.5, 0.6) is 17.2 Å². The number of aromatic hydroxyl groups is 2. The van der Waals surface area contributed by atoms with Crippen molar-refractivity contribution in [1.29, 1.82) is 0 Å². The van der Waals surface area contributed by atoms with E-state index in [1.54, 1.807) is 19.2 Å². The Balaban J connectivity index is 2.02. The van der Waals surface area contributed by atoms with Crippen LogP contribution < -0.4 is 10.1 Å². The highest BCUT2D eigenvalue weighted by Crippen LogP contribution is 2.25. The first kappa shape index (κ1) is 15.2. The Kier molecular flexibility index (Phi) is 5.06. The number of ether oxygens (including phenoxy) is 1. The molecule has 1 atom stereocenters. The minimum absolute atomic E-state index is 0.0909. The van der Waals surface area contributed by atoms with Gasteiger partial charge in [-0.25, -0.2) is 0 Å². The maximum Gasteiger partial charge on any atom is 0.157 e. The molecule has 0 aliphatic carbocycles. The lowest BCUT2D eigenvalue weighted by molar-refractivity contribution is 0.402. The summed E-state index contributed by atoms with van der Waals surface area (Å²) in [6, 6.07) is 13.1. The van der Waals surface area contributed by atoms with Crippen LogP contribution in [-0.2, 0) is 6.54 Å². The average Bonchev–Trinajstić information content (AvgIpc) is 2.52. The smallest absolute Gasteiger partial charge is 0.157 e. The molecule has 0 fully saturated rings. The summed E-state index contributed by atoms with van der Waals surface area (Å²) in [7, 11) is 1.65. The van der Waals surface area contributed by atoms with Crippen molar-refractivity contribution in [2.75, 3.05) is 7.11 Å². The van der Waals surface area contributed by atoms with Gasteiger partial charge in [-0.3, -0.25) is 0 Å². The van der Waals surface area contributed by atoms with Crippen molar-refractivity contribution in [3.05, 3.63) is 53.6 Å². The highest BCUT2D eigenvalue weighted by molar-refractivity contribution is 5.40. The minimum atomic E-state index is -0.0963. The SMILES string of the molecule is CCC(NCc1ccc(O)c(O)c1)c1ccc(OC)cc1. The van der Waals surface area contributed by atoms with Gasteiger partial charge in [-0.05, 0) is 41.8 Å². The van der Waals surface area contributed by atoms with E-state index in [4.69, 9.17) is 4.74 Å². The highest BCUT2D eigenvalue weighted by atomic mass is 16.5. The Hall–Kier alpha value is -2.20. The van der Waals surface area contributed by atoms with E-state index in [9.17, 15) is 10.2 Å². The van der Waals surface area contributed by atoms with Gasteiger partial charge >= 0.3 is 0 Å². The van der Waals surface area contributed by atoms with Gasteiger partial charge in [0.1, 0.15) is 5.75 Å². The zero-order valence-corrected chi connectivity index (χ0v) is 12.3. The predicted molar refractivity (Wildman–Crippen MR) is 82.6 cm³/mol. The van der Waals surface area contributed by atoms with E-state index in [2.05, 4.69) is 12.2 Å². The molecule has 0 amide bonds. The monoisotopic (exact) mass is 287 g/mol. The molecule has 0 saturated carbocycles. The lowest BCUT2D eigenvalue weighted by Gasteiger charge is -2.18. The molecule has 0 heterocycles. The number of phenols is 2. The fraction of sp³-hybridized carbons (Fsp3) is 0.294. The summed E-state index contributed by atoms with van der Waals surface area (Å²) in [5.41, 5.74) is 2.12. The third-order valence-corrected chi connectivity index (χ3v) is 3.52. The first-order chi connectivity index (χ1) is 10.1. The van der Waals surface area contributed by atoms with Crippen LogP contribution in [0.3, 0.4) is 0 Å². The van der Waals surface area contributed by atoms with Crippen LogP contribution in [0.15, 0.2) is 42.5 Å². The molecule has 0 aromatic heterocycles. The molecule has 21 heavy (non-hydrogen) atoms. The molecular weight excluding hydrogens is 266 g/mol. The molecule has 0 aliphatic heterocycles. The van der Waals surface area contributed by atoms with Crippen molar-refractivity contribution in [1.82, 2.24) is 5.32 Å². The van der Waals surface area contributed by atoms with E-state index in [0.717, 1.165) is 17.7 Å². The van der Waals surface area contributed by atoms with Crippen LogP contribution in [0.4, 0.5) is 0 Å². The highest BCUT2D eigenvalue weighted by Gasteiger charge is 2.09. The van der Waals surface area contributed by atoms with Crippen LogP contribution in [-0.4, -0.2) is 17.3 Å². The average molecular weight is 287 g/mol. The topological polar surface area (TPSA) is 61.7 Å². The molecule has 1 unspecified atom stereocenters. The molecule has 4 heteroatoms. The van der Waals surface area contributed by atoms with E-state index in [-0.39, 0.29) is 17.5 Å². The quantitative estimate of drug-likeness (QED) is 0.713. The number of rotatable bonds is 6. The van der Waals surface area contributed by atoms with Crippen LogP contribution in [0.2, 0.25) is 0 Å². The Morgan fingerprint density at radius 3 is 2.33 bits per heavy atom. The van der Waals surface area contributed by atoms with Crippen LogP contribution in [0.25, 0.3) is 0 Å². The van der Waals surface area contributed by atoms with Gasteiger partial charge in [-0.1, -0.05) is 25.1 Å². The molecule has 2 aromatic carbocycles. The summed E-state index contributed by atoms with van der Waals surface area (Å²) in [6.45, 7) is 2.74. The molecule has 2 rings (SSSR count). The second-order valence-electron chi connectivity index (χ2n) is 4.94. The Morgan fingerprint density at radius 1 is 1.05 bits per heavy atom. The molecule has 0 bridgehead atoms. The third kappa shape index (κ3) is 3.89. The second kappa shape index (κ2) is 6.99. The third-order valence-electron chi connectivity index (χ3n) is 3.52. The zero-order valence-electron chi connectivity index (χ0n) is 12.3. The number of methoxy groups -OCH3 is 1. The lowest BCUT2D eigenvalue weighted by Crippen LogP contribution is -2.20. The van der Waals surface area contributed by atoms with E-state index in [1.165, 1.54) is 11.6 Å². The van der Waals surface area contributed by atoms with Gasteiger partial charge in [0.2, 0.25) is 0 Å². The number of nitrogens with one attached hydrogen (secondary N) is 1.